The number of halogens is 1. The molecule has 100 valence electrons. The molecule has 0 amide bonds. The molecule has 1 aromatic rings. The minimum atomic E-state index is -3.22. The molecule has 18 heavy (non-hydrogen) atoms. The van der Waals surface area contributed by atoms with E-state index >= 15 is 0 Å². The third kappa shape index (κ3) is 3.95. The van der Waals surface area contributed by atoms with E-state index in [0.29, 0.717) is 17.5 Å². The highest BCUT2D eigenvalue weighted by molar-refractivity contribution is 7.89. The second-order valence-corrected chi connectivity index (χ2v) is 6.79. The van der Waals surface area contributed by atoms with Crippen molar-refractivity contribution >= 4 is 21.6 Å². The van der Waals surface area contributed by atoms with Crippen LogP contribution in [-0.2, 0) is 16.6 Å². The Hall–Kier alpha value is -0.620. The first-order valence-corrected chi connectivity index (χ1v) is 8.04. The van der Waals surface area contributed by atoms with Crippen LogP contribution in [0.5, 0.6) is 0 Å². The average Bonchev–Trinajstić information content (AvgIpc) is 2.26. The molecule has 1 aliphatic heterocycles. The predicted molar refractivity (Wildman–Crippen MR) is 73.1 cm³/mol. The molecule has 1 saturated heterocycles. The Balaban J connectivity index is 1.82. The van der Waals surface area contributed by atoms with Crippen LogP contribution >= 0.6 is 11.6 Å². The van der Waals surface area contributed by atoms with Crippen molar-refractivity contribution < 1.29 is 8.42 Å². The van der Waals surface area contributed by atoms with Crippen LogP contribution < -0.4 is 10.0 Å². The molecule has 1 aliphatic rings. The molecule has 1 aromatic carbocycles. The number of hydrogen-bond acceptors (Lipinski definition) is 3. The zero-order valence-corrected chi connectivity index (χ0v) is 11.6. The second-order valence-electron chi connectivity index (χ2n) is 4.46. The van der Waals surface area contributed by atoms with Gasteiger partial charge in [-0.15, -0.1) is 0 Å². The van der Waals surface area contributed by atoms with E-state index < -0.39 is 10.0 Å². The number of benzene rings is 1. The summed E-state index contributed by atoms with van der Waals surface area (Å²) >= 11 is 5.97. The Labute approximate surface area is 113 Å². The van der Waals surface area contributed by atoms with Gasteiger partial charge in [0.2, 0.25) is 10.0 Å². The van der Waals surface area contributed by atoms with E-state index in [1.807, 2.05) is 18.2 Å². The van der Waals surface area contributed by atoms with Gasteiger partial charge in [0.1, 0.15) is 0 Å². The second kappa shape index (κ2) is 6.02. The van der Waals surface area contributed by atoms with E-state index in [2.05, 4.69) is 10.0 Å². The van der Waals surface area contributed by atoms with Crippen LogP contribution in [0.4, 0.5) is 0 Å². The molecule has 0 aromatic heterocycles. The smallest absolute Gasteiger partial charge is 0.211 e. The first kappa shape index (κ1) is 13.8. The highest BCUT2D eigenvalue weighted by atomic mass is 35.5. The minimum absolute atomic E-state index is 0.162. The summed E-state index contributed by atoms with van der Waals surface area (Å²) in [6.07, 6.45) is 1.73. The highest BCUT2D eigenvalue weighted by Gasteiger charge is 2.19. The van der Waals surface area contributed by atoms with Gasteiger partial charge in [-0.1, -0.05) is 29.8 Å². The zero-order valence-electron chi connectivity index (χ0n) is 10.0. The molecule has 2 rings (SSSR count). The fourth-order valence-electron chi connectivity index (χ4n) is 1.79. The van der Waals surface area contributed by atoms with Crippen molar-refractivity contribution in [3.8, 4) is 0 Å². The summed E-state index contributed by atoms with van der Waals surface area (Å²) in [5.41, 5.74) is 0.796. The third-order valence-electron chi connectivity index (χ3n) is 3.10. The topological polar surface area (TPSA) is 58.2 Å². The number of rotatable bonds is 6. The molecule has 2 N–H and O–H groups in total. The van der Waals surface area contributed by atoms with Gasteiger partial charge in [-0.2, -0.15) is 0 Å². The lowest BCUT2D eigenvalue weighted by molar-refractivity contribution is 0.361. The summed E-state index contributed by atoms with van der Waals surface area (Å²) in [6, 6.07) is 7.60. The van der Waals surface area contributed by atoms with Crippen molar-refractivity contribution in [3.63, 3.8) is 0 Å². The zero-order chi connectivity index (χ0) is 13.0. The van der Waals surface area contributed by atoms with Crippen LogP contribution in [-0.4, -0.2) is 26.8 Å². The van der Waals surface area contributed by atoms with Gasteiger partial charge in [0.25, 0.3) is 0 Å². The summed E-state index contributed by atoms with van der Waals surface area (Å²) < 4.78 is 26.1. The van der Waals surface area contributed by atoms with Crippen molar-refractivity contribution in [2.75, 3.05) is 12.3 Å². The van der Waals surface area contributed by atoms with E-state index in [0.717, 1.165) is 18.5 Å². The van der Waals surface area contributed by atoms with Gasteiger partial charge in [0.15, 0.2) is 0 Å². The molecule has 1 heterocycles. The molecular weight excluding hydrogens is 272 g/mol. The first-order valence-electron chi connectivity index (χ1n) is 6.01. The molecule has 0 saturated carbocycles. The van der Waals surface area contributed by atoms with E-state index in [1.165, 1.54) is 0 Å². The van der Waals surface area contributed by atoms with Gasteiger partial charge in [-0.25, -0.2) is 13.1 Å². The van der Waals surface area contributed by atoms with Crippen LogP contribution in [0.3, 0.4) is 0 Å². The van der Waals surface area contributed by atoms with E-state index in [9.17, 15) is 8.42 Å². The Morgan fingerprint density at radius 3 is 2.72 bits per heavy atom. The van der Waals surface area contributed by atoms with Crippen molar-refractivity contribution in [1.82, 2.24) is 10.0 Å². The van der Waals surface area contributed by atoms with Crippen molar-refractivity contribution in [1.29, 1.82) is 0 Å². The standard InChI is InChI=1S/C12H17ClN2O2S/c13-12-4-2-1-3-10(12)9-15-18(16,17)8-6-11-5-7-14-11/h1-4,11,14-15H,5-9H2. The summed E-state index contributed by atoms with van der Waals surface area (Å²) in [5.74, 6) is 0.162. The Morgan fingerprint density at radius 2 is 2.11 bits per heavy atom. The van der Waals surface area contributed by atoms with Gasteiger partial charge >= 0.3 is 0 Å². The summed E-state index contributed by atoms with van der Waals surface area (Å²) in [5, 5.41) is 3.77. The largest absolute Gasteiger partial charge is 0.314 e. The number of hydrogen-bond donors (Lipinski definition) is 2. The van der Waals surface area contributed by atoms with Gasteiger partial charge in [0, 0.05) is 17.6 Å². The third-order valence-corrected chi connectivity index (χ3v) is 4.83. The van der Waals surface area contributed by atoms with Crippen LogP contribution in [0.25, 0.3) is 0 Å². The van der Waals surface area contributed by atoms with Gasteiger partial charge in [0.05, 0.1) is 5.75 Å². The van der Waals surface area contributed by atoms with E-state index in [1.54, 1.807) is 6.07 Å². The molecule has 0 bridgehead atoms. The van der Waals surface area contributed by atoms with Gasteiger partial charge in [-0.3, -0.25) is 0 Å². The van der Waals surface area contributed by atoms with Gasteiger partial charge < -0.3 is 5.32 Å². The monoisotopic (exact) mass is 288 g/mol. The number of nitrogens with one attached hydrogen (secondary N) is 2. The van der Waals surface area contributed by atoms with Crippen molar-refractivity contribution in [2.45, 2.75) is 25.4 Å². The average molecular weight is 289 g/mol. The lowest BCUT2D eigenvalue weighted by Gasteiger charge is -2.27. The van der Waals surface area contributed by atoms with Crippen LogP contribution in [0, 0.1) is 0 Å². The first-order chi connectivity index (χ1) is 8.57. The Bertz CT molecular complexity index is 501. The molecular formula is C12H17ClN2O2S. The quantitative estimate of drug-likeness (QED) is 0.834. The van der Waals surface area contributed by atoms with E-state index in [4.69, 9.17) is 11.6 Å². The molecule has 0 spiro atoms. The fraction of sp³-hybridized carbons (Fsp3) is 0.500. The minimum Gasteiger partial charge on any atom is -0.314 e. The van der Waals surface area contributed by atoms with Crippen molar-refractivity contribution in [2.24, 2.45) is 0 Å². The Kier molecular flexibility index (Phi) is 4.61. The van der Waals surface area contributed by atoms with Crippen molar-refractivity contribution in [3.05, 3.63) is 34.9 Å². The van der Waals surface area contributed by atoms with Crippen LogP contribution in [0.2, 0.25) is 5.02 Å². The van der Waals surface area contributed by atoms with E-state index in [-0.39, 0.29) is 12.3 Å². The highest BCUT2D eigenvalue weighted by Crippen LogP contribution is 2.15. The summed E-state index contributed by atoms with van der Waals surface area (Å²) in [7, 11) is -3.22. The Morgan fingerprint density at radius 1 is 1.39 bits per heavy atom. The lowest BCUT2D eigenvalue weighted by atomic mass is 10.1. The molecule has 1 fully saturated rings. The summed E-state index contributed by atoms with van der Waals surface area (Å²) in [6.45, 7) is 1.25. The normalized spacial score (nSPS) is 19.5. The van der Waals surface area contributed by atoms with Crippen LogP contribution in [0.1, 0.15) is 18.4 Å². The number of sulfonamides is 1. The fourth-order valence-corrected chi connectivity index (χ4v) is 3.11. The SMILES string of the molecule is O=S(=O)(CCC1CCN1)NCc1ccccc1Cl. The molecule has 1 unspecified atom stereocenters. The summed E-state index contributed by atoms with van der Waals surface area (Å²) in [4.78, 5) is 0. The maximum Gasteiger partial charge on any atom is 0.211 e. The van der Waals surface area contributed by atoms with Crippen LogP contribution in [0.15, 0.2) is 24.3 Å². The molecule has 4 nitrogen and oxygen atoms in total. The molecule has 1 atom stereocenters. The molecule has 6 heteroatoms. The molecule has 0 aliphatic carbocycles. The predicted octanol–water partition coefficient (Wildman–Crippen LogP) is 1.51. The molecule has 0 radical (unpaired) electrons. The maximum absolute atomic E-state index is 11.8. The van der Waals surface area contributed by atoms with Gasteiger partial charge in [-0.05, 0) is 31.0 Å². The lowest BCUT2D eigenvalue weighted by Crippen LogP contribution is -2.44. The maximum atomic E-state index is 11.8.